The molecule has 8 heteroatoms. The molecule has 3 amide bonds. The van der Waals surface area contributed by atoms with Crippen LogP contribution in [0.15, 0.2) is 48.8 Å². The van der Waals surface area contributed by atoms with Gasteiger partial charge in [-0.1, -0.05) is 6.07 Å². The summed E-state index contributed by atoms with van der Waals surface area (Å²) in [5, 5.41) is 8.42. The first kappa shape index (κ1) is 20.7. The van der Waals surface area contributed by atoms with Gasteiger partial charge < -0.3 is 20.7 Å². The van der Waals surface area contributed by atoms with Crippen molar-refractivity contribution in [2.75, 3.05) is 12.4 Å². The maximum absolute atomic E-state index is 13.3. The number of aromatic nitrogens is 1. The van der Waals surface area contributed by atoms with E-state index in [0.717, 1.165) is 5.56 Å². The first-order chi connectivity index (χ1) is 14.0. The van der Waals surface area contributed by atoms with Gasteiger partial charge in [0, 0.05) is 37.7 Å². The lowest BCUT2D eigenvalue weighted by molar-refractivity contribution is -0.127. The van der Waals surface area contributed by atoms with Crippen LogP contribution in [0.25, 0.3) is 0 Å². The lowest BCUT2D eigenvalue weighted by atomic mass is 9.83. The third kappa shape index (κ3) is 5.99. The number of carbonyl (C=O) groups is 2. The van der Waals surface area contributed by atoms with Crippen molar-refractivity contribution in [3.8, 4) is 0 Å². The van der Waals surface area contributed by atoms with Crippen molar-refractivity contribution in [3.63, 3.8) is 0 Å². The SMILES string of the molecule is CO[C@@H]1CC[C@H](C(=O)NCc2ccncc2)C[C@H]1NC(=O)Nc1cccc(F)c1. The Hall–Kier alpha value is -3.00. The third-order valence-electron chi connectivity index (χ3n) is 5.08. The van der Waals surface area contributed by atoms with Crippen LogP contribution >= 0.6 is 0 Å². The molecule has 0 saturated heterocycles. The second-order valence-corrected chi connectivity index (χ2v) is 7.07. The Morgan fingerprint density at radius 1 is 1.21 bits per heavy atom. The number of anilines is 1. The van der Waals surface area contributed by atoms with Gasteiger partial charge in [0.15, 0.2) is 0 Å². The van der Waals surface area contributed by atoms with E-state index in [2.05, 4.69) is 20.9 Å². The number of benzene rings is 1. The van der Waals surface area contributed by atoms with Crippen molar-refractivity contribution in [2.24, 2.45) is 5.92 Å². The summed E-state index contributed by atoms with van der Waals surface area (Å²) in [6.07, 6.45) is 5.00. The molecule has 0 radical (unpaired) electrons. The summed E-state index contributed by atoms with van der Waals surface area (Å²) < 4.78 is 18.8. The fraction of sp³-hybridized carbons (Fsp3) is 0.381. The van der Waals surface area contributed by atoms with Crippen LogP contribution in [-0.2, 0) is 16.1 Å². The minimum atomic E-state index is -0.458. The molecule has 2 aromatic rings. The number of methoxy groups -OCH3 is 1. The van der Waals surface area contributed by atoms with Gasteiger partial charge in [0.05, 0.1) is 12.1 Å². The molecule has 154 valence electrons. The van der Waals surface area contributed by atoms with Crippen molar-refractivity contribution in [2.45, 2.75) is 38.0 Å². The number of carbonyl (C=O) groups excluding carboxylic acids is 2. The van der Waals surface area contributed by atoms with E-state index in [1.807, 2.05) is 12.1 Å². The number of hydrogen-bond donors (Lipinski definition) is 3. The largest absolute Gasteiger partial charge is 0.379 e. The topological polar surface area (TPSA) is 92.3 Å². The second-order valence-electron chi connectivity index (χ2n) is 7.07. The van der Waals surface area contributed by atoms with Crippen molar-refractivity contribution in [1.82, 2.24) is 15.6 Å². The van der Waals surface area contributed by atoms with Crippen LogP contribution in [-0.4, -0.2) is 36.2 Å². The fourth-order valence-corrected chi connectivity index (χ4v) is 3.55. The summed E-state index contributed by atoms with van der Waals surface area (Å²) in [4.78, 5) is 28.9. The predicted octanol–water partition coefficient (Wildman–Crippen LogP) is 2.84. The van der Waals surface area contributed by atoms with E-state index in [-0.39, 0.29) is 24.0 Å². The molecule has 0 spiro atoms. The van der Waals surface area contributed by atoms with Crippen LogP contribution < -0.4 is 16.0 Å². The lowest BCUT2D eigenvalue weighted by Crippen LogP contribution is -2.51. The Labute approximate surface area is 169 Å². The minimum Gasteiger partial charge on any atom is -0.379 e. The molecule has 0 aliphatic heterocycles. The average molecular weight is 400 g/mol. The quantitative estimate of drug-likeness (QED) is 0.695. The van der Waals surface area contributed by atoms with E-state index in [9.17, 15) is 14.0 Å². The first-order valence-corrected chi connectivity index (χ1v) is 9.57. The van der Waals surface area contributed by atoms with Crippen LogP contribution in [0.1, 0.15) is 24.8 Å². The van der Waals surface area contributed by atoms with Gasteiger partial charge in [-0.15, -0.1) is 0 Å². The van der Waals surface area contributed by atoms with Crippen molar-refractivity contribution >= 4 is 17.6 Å². The van der Waals surface area contributed by atoms with E-state index < -0.39 is 11.8 Å². The van der Waals surface area contributed by atoms with E-state index in [0.29, 0.717) is 31.5 Å². The second kappa shape index (κ2) is 9.97. The number of nitrogens with one attached hydrogen (secondary N) is 3. The minimum absolute atomic E-state index is 0.0475. The zero-order valence-corrected chi connectivity index (χ0v) is 16.2. The number of nitrogens with zero attached hydrogens (tertiary/aromatic N) is 1. The van der Waals surface area contributed by atoms with Crippen LogP contribution in [0.2, 0.25) is 0 Å². The number of urea groups is 1. The number of rotatable bonds is 6. The van der Waals surface area contributed by atoms with Crippen LogP contribution in [0.5, 0.6) is 0 Å². The molecular weight excluding hydrogens is 375 g/mol. The van der Waals surface area contributed by atoms with Gasteiger partial charge in [0.25, 0.3) is 0 Å². The number of amides is 3. The normalized spacial score (nSPS) is 21.2. The summed E-state index contributed by atoms with van der Waals surface area (Å²) in [6.45, 7) is 0.434. The van der Waals surface area contributed by atoms with E-state index in [1.165, 1.54) is 18.2 Å². The number of halogens is 1. The Morgan fingerprint density at radius 2 is 2.00 bits per heavy atom. The molecule has 1 fully saturated rings. The van der Waals surface area contributed by atoms with Gasteiger partial charge >= 0.3 is 6.03 Å². The number of ether oxygens (including phenoxy) is 1. The Kier molecular flexibility index (Phi) is 7.13. The zero-order valence-electron chi connectivity index (χ0n) is 16.2. The van der Waals surface area contributed by atoms with E-state index in [1.54, 1.807) is 25.6 Å². The summed E-state index contributed by atoms with van der Waals surface area (Å²) in [5.41, 5.74) is 1.34. The molecule has 29 heavy (non-hydrogen) atoms. The molecule has 1 aliphatic carbocycles. The number of hydrogen-bond acceptors (Lipinski definition) is 4. The monoisotopic (exact) mass is 400 g/mol. The molecule has 0 bridgehead atoms. The van der Waals surface area contributed by atoms with E-state index in [4.69, 9.17) is 4.74 Å². The Balaban J connectivity index is 1.55. The molecule has 3 rings (SSSR count). The Morgan fingerprint density at radius 3 is 2.72 bits per heavy atom. The zero-order chi connectivity index (χ0) is 20.6. The maximum atomic E-state index is 13.3. The maximum Gasteiger partial charge on any atom is 0.319 e. The fourth-order valence-electron chi connectivity index (χ4n) is 3.55. The summed E-state index contributed by atoms with van der Waals surface area (Å²) in [6, 6.07) is 8.59. The molecule has 0 unspecified atom stereocenters. The summed E-state index contributed by atoms with van der Waals surface area (Å²) in [5.74, 6) is -0.697. The highest BCUT2D eigenvalue weighted by Gasteiger charge is 2.34. The van der Waals surface area contributed by atoms with Gasteiger partial charge in [-0.25, -0.2) is 9.18 Å². The highest BCUT2D eigenvalue weighted by molar-refractivity contribution is 5.89. The van der Waals surface area contributed by atoms with Gasteiger partial charge in [-0.05, 0) is 55.2 Å². The first-order valence-electron chi connectivity index (χ1n) is 9.57. The van der Waals surface area contributed by atoms with Gasteiger partial charge in [0.2, 0.25) is 5.91 Å². The summed E-state index contributed by atoms with van der Waals surface area (Å²) >= 11 is 0. The molecule has 3 N–H and O–H groups in total. The van der Waals surface area contributed by atoms with Crippen LogP contribution in [0, 0.1) is 11.7 Å². The van der Waals surface area contributed by atoms with Crippen LogP contribution in [0.4, 0.5) is 14.9 Å². The molecule has 1 heterocycles. The molecular formula is C21H25FN4O3. The van der Waals surface area contributed by atoms with Crippen molar-refractivity contribution < 1.29 is 18.7 Å². The van der Waals surface area contributed by atoms with Crippen LogP contribution in [0.3, 0.4) is 0 Å². The highest BCUT2D eigenvalue weighted by Crippen LogP contribution is 2.27. The standard InChI is InChI=1S/C21H25FN4O3/c1-29-19-6-5-15(20(27)24-13-14-7-9-23-10-8-14)11-18(19)26-21(28)25-17-4-2-3-16(22)12-17/h2-4,7-10,12,15,18-19H,5-6,11,13H2,1H3,(H,24,27)(H2,25,26,28)/t15-,18+,19+/m0/s1. The van der Waals surface area contributed by atoms with Gasteiger partial charge in [-0.3, -0.25) is 9.78 Å². The van der Waals surface area contributed by atoms with Gasteiger partial charge in [-0.2, -0.15) is 0 Å². The highest BCUT2D eigenvalue weighted by atomic mass is 19.1. The molecule has 7 nitrogen and oxygen atoms in total. The number of pyridine rings is 1. The molecule has 1 aromatic heterocycles. The Bertz CT molecular complexity index is 834. The molecule has 3 atom stereocenters. The molecule has 1 aliphatic rings. The lowest BCUT2D eigenvalue weighted by Gasteiger charge is -2.35. The smallest absolute Gasteiger partial charge is 0.319 e. The summed E-state index contributed by atoms with van der Waals surface area (Å²) in [7, 11) is 1.59. The predicted molar refractivity (Wildman–Crippen MR) is 107 cm³/mol. The van der Waals surface area contributed by atoms with Crippen molar-refractivity contribution in [1.29, 1.82) is 0 Å². The molecule has 1 saturated carbocycles. The van der Waals surface area contributed by atoms with Gasteiger partial charge in [0.1, 0.15) is 5.82 Å². The van der Waals surface area contributed by atoms with E-state index >= 15 is 0 Å². The average Bonchev–Trinajstić information content (AvgIpc) is 2.72. The van der Waals surface area contributed by atoms with Crippen molar-refractivity contribution in [3.05, 3.63) is 60.2 Å². The molecule has 1 aromatic carbocycles. The third-order valence-corrected chi connectivity index (χ3v) is 5.08.